The van der Waals surface area contributed by atoms with E-state index in [9.17, 15) is 8.42 Å². The van der Waals surface area contributed by atoms with Crippen LogP contribution in [0, 0.1) is 19.8 Å². The molecule has 2 aromatic carbocycles. The first kappa shape index (κ1) is 17.2. The van der Waals surface area contributed by atoms with Gasteiger partial charge in [-0.2, -0.15) is 4.31 Å². The van der Waals surface area contributed by atoms with Crippen molar-refractivity contribution in [3.63, 3.8) is 0 Å². The minimum absolute atomic E-state index is 0.423. The van der Waals surface area contributed by atoms with Gasteiger partial charge < -0.3 is 0 Å². The molecular formula is C20H25NO2S. The Bertz CT molecular complexity index is 792. The maximum absolute atomic E-state index is 12.8. The van der Waals surface area contributed by atoms with Crippen molar-refractivity contribution in [3.05, 3.63) is 65.2 Å². The first-order valence-corrected chi connectivity index (χ1v) is 10.0. The second-order valence-electron chi connectivity index (χ2n) is 6.78. The van der Waals surface area contributed by atoms with E-state index in [1.54, 1.807) is 16.4 Å². The number of nitrogens with zero attached hydrogens (tertiary/aromatic N) is 1. The Morgan fingerprint density at radius 2 is 1.62 bits per heavy atom. The molecule has 0 radical (unpaired) electrons. The van der Waals surface area contributed by atoms with Crippen LogP contribution in [0.15, 0.2) is 53.4 Å². The predicted molar refractivity (Wildman–Crippen MR) is 97.5 cm³/mol. The van der Waals surface area contributed by atoms with Gasteiger partial charge in [-0.05, 0) is 67.9 Å². The van der Waals surface area contributed by atoms with Gasteiger partial charge in [0.1, 0.15) is 0 Å². The molecule has 1 fully saturated rings. The summed E-state index contributed by atoms with van der Waals surface area (Å²) in [6, 6.07) is 15.9. The number of hydrogen-bond donors (Lipinski definition) is 0. The number of rotatable bonds is 4. The molecule has 0 amide bonds. The molecule has 0 N–H and O–H groups in total. The van der Waals surface area contributed by atoms with Gasteiger partial charge in [0.05, 0.1) is 4.90 Å². The summed E-state index contributed by atoms with van der Waals surface area (Å²) in [6.07, 6.45) is 2.90. The molecule has 0 unspecified atom stereocenters. The van der Waals surface area contributed by atoms with Crippen LogP contribution in [0.5, 0.6) is 0 Å². The summed E-state index contributed by atoms with van der Waals surface area (Å²) in [6.45, 7) is 5.20. The fraction of sp³-hybridized carbons (Fsp3) is 0.400. The average Bonchev–Trinajstić information content (AvgIpc) is 2.58. The zero-order chi connectivity index (χ0) is 17.2. The second kappa shape index (κ2) is 7.08. The van der Waals surface area contributed by atoms with Crippen molar-refractivity contribution in [2.24, 2.45) is 5.92 Å². The van der Waals surface area contributed by atoms with Gasteiger partial charge in [0.2, 0.25) is 10.0 Å². The lowest BCUT2D eigenvalue weighted by atomic mass is 9.91. The van der Waals surface area contributed by atoms with Crippen molar-refractivity contribution >= 4 is 10.0 Å². The monoisotopic (exact) mass is 343 g/mol. The van der Waals surface area contributed by atoms with Crippen molar-refractivity contribution in [1.29, 1.82) is 0 Å². The third kappa shape index (κ3) is 3.70. The zero-order valence-corrected chi connectivity index (χ0v) is 15.2. The maximum atomic E-state index is 12.8. The summed E-state index contributed by atoms with van der Waals surface area (Å²) >= 11 is 0. The Hall–Kier alpha value is -1.65. The number of sulfonamides is 1. The van der Waals surface area contributed by atoms with E-state index in [2.05, 4.69) is 24.3 Å². The molecule has 128 valence electrons. The highest BCUT2D eigenvalue weighted by Gasteiger charge is 2.29. The number of hydrogen-bond acceptors (Lipinski definition) is 2. The van der Waals surface area contributed by atoms with Crippen molar-refractivity contribution in [2.45, 2.75) is 38.0 Å². The van der Waals surface area contributed by atoms with Crippen molar-refractivity contribution in [3.8, 4) is 0 Å². The molecule has 0 aliphatic carbocycles. The molecule has 2 aromatic rings. The molecule has 1 aliphatic heterocycles. The van der Waals surface area contributed by atoms with Gasteiger partial charge in [-0.15, -0.1) is 0 Å². The van der Waals surface area contributed by atoms with Gasteiger partial charge >= 0.3 is 0 Å². The number of benzene rings is 2. The largest absolute Gasteiger partial charge is 0.243 e. The van der Waals surface area contributed by atoms with Gasteiger partial charge in [0, 0.05) is 13.1 Å². The Morgan fingerprint density at radius 1 is 0.958 bits per heavy atom. The van der Waals surface area contributed by atoms with E-state index in [4.69, 9.17) is 0 Å². The molecule has 3 nitrogen and oxygen atoms in total. The van der Waals surface area contributed by atoms with Gasteiger partial charge in [0.25, 0.3) is 0 Å². The lowest BCUT2D eigenvalue weighted by Gasteiger charge is -2.31. The third-order valence-electron chi connectivity index (χ3n) is 5.06. The minimum atomic E-state index is -3.36. The molecule has 0 bridgehead atoms. The highest BCUT2D eigenvalue weighted by Crippen LogP contribution is 2.27. The van der Waals surface area contributed by atoms with Crippen LogP contribution in [0.2, 0.25) is 0 Å². The van der Waals surface area contributed by atoms with Gasteiger partial charge in [-0.25, -0.2) is 8.42 Å². The summed E-state index contributed by atoms with van der Waals surface area (Å²) < 4.78 is 27.3. The highest BCUT2D eigenvalue weighted by molar-refractivity contribution is 7.89. The predicted octanol–water partition coefficient (Wildman–Crippen LogP) is 3.95. The SMILES string of the molecule is Cc1ccc(S(=O)(=O)N2CCC(Cc3ccccc3)CC2)cc1C. The summed E-state index contributed by atoms with van der Waals surface area (Å²) in [7, 11) is -3.36. The quantitative estimate of drug-likeness (QED) is 0.843. The van der Waals surface area contributed by atoms with Crippen molar-refractivity contribution < 1.29 is 8.42 Å². The Kier molecular flexibility index (Phi) is 5.07. The van der Waals surface area contributed by atoms with E-state index in [-0.39, 0.29) is 0 Å². The van der Waals surface area contributed by atoms with Crippen LogP contribution in [0.3, 0.4) is 0 Å². The van der Waals surface area contributed by atoms with E-state index in [0.717, 1.165) is 30.4 Å². The molecule has 1 heterocycles. The summed E-state index contributed by atoms with van der Waals surface area (Å²) in [5.74, 6) is 0.568. The van der Waals surface area contributed by atoms with Crippen LogP contribution in [-0.4, -0.2) is 25.8 Å². The molecule has 1 saturated heterocycles. The van der Waals surface area contributed by atoms with Crippen LogP contribution in [0.25, 0.3) is 0 Å². The van der Waals surface area contributed by atoms with Crippen LogP contribution in [-0.2, 0) is 16.4 Å². The fourth-order valence-corrected chi connectivity index (χ4v) is 4.88. The molecule has 4 heteroatoms. The van der Waals surface area contributed by atoms with Crippen molar-refractivity contribution in [1.82, 2.24) is 4.31 Å². The van der Waals surface area contributed by atoms with Gasteiger partial charge in [-0.1, -0.05) is 36.4 Å². The first-order chi connectivity index (χ1) is 11.5. The van der Waals surface area contributed by atoms with Crippen LogP contribution in [0.1, 0.15) is 29.5 Å². The molecule has 24 heavy (non-hydrogen) atoms. The second-order valence-corrected chi connectivity index (χ2v) is 8.72. The first-order valence-electron chi connectivity index (χ1n) is 8.58. The summed E-state index contributed by atoms with van der Waals surface area (Å²) in [5, 5.41) is 0. The van der Waals surface area contributed by atoms with E-state index < -0.39 is 10.0 Å². The highest BCUT2D eigenvalue weighted by atomic mass is 32.2. The molecule has 1 aliphatic rings. The summed E-state index contributed by atoms with van der Waals surface area (Å²) in [4.78, 5) is 0.423. The third-order valence-corrected chi connectivity index (χ3v) is 6.95. The van der Waals surface area contributed by atoms with E-state index >= 15 is 0 Å². The van der Waals surface area contributed by atoms with Crippen LogP contribution < -0.4 is 0 Å². The summed E-state index contributed by atoms with van der Waals surface area (Å²) in [5.41, 5.74) is 3.48. The van der Waals surface area contributed by atoms with Crippen molar-refractivity contribution in [2.75, 3.05) is 13.1 Å². The standard InChI is InChI=1S/C20H25NO2S/c1-16-8-9-20(14-17(16)2)24(22,23)21-12-10-19(11-13-21)15-18-6-4-3-5-7-18/h3-9,14,19H,10-13,15H2,1-2H3. The smallest absolute Gasteiger partial charge is 0.207 e. The Morgan fingerprint density at radius 3 is 2.25 bits per heavy atom. The molecular weight excluding hydrogens is 318 g/mol. The van der Waals surface area contributed by atoms with Gasteiger partial charge in [-0.3, -0.25) is 0 Å². The van der Waals surface area contributed by atoms with Gasteiger partial charge in [0.15, 0.2) is 0 Å². The Balaban J connectivity index is 1.66. The zero-order valence-electron chi connectivity index (χ0n) is 14.4. The fourth-order valence-electron chi connectivity index (χ4n) is 3.32. The lowest BCUT2D eigenvalue weighted by Crippen LogP contribution is -2.38. The topological polar surface area (TPSA) is 37.4 Å². The van der Waals surface area contributed by atoms with Crippen LogP contribution in [0.4, 0.5) is 0 Å². The molecule has 3 rings (SSSR count). The normalized spacial score (nSPS) is 17.1. The lowest BCUT2D eigenvalue weighted by molar-refractivity contribution is 0.273. The molecule has 0 aromatic heterocycles. The molecule has 0 spiro atoms. The minimum Gasteiger partial charge on any atom is -0.207 e. The van der Waals surface area contributed by atoms with E-state index in [0.29, 0.717) is 23.9 Å². The number of piperidine rings is 1. The molecule has 0 saturated carbocycles. The maximum Gasteiger partial charge on any atom is 0.243 e. The van der Waals surface area contributed by atoms with E-state index in [1.807, 2.05) is 26.0 Å². The molecule has 0 atom stereocenters. The average molecular weight is 343 g/mol. The number of aryl methyl sites for hydroxylation is 2. The van der Waals surface area contributed by atoms with Crippen LogP contribution >= 0.6 is 0 Å². The van der Waals surface area contributed by atoms with E-state index in [1.165, 1.54) is 5.56 Å². The Labute approximate surface area is 145 Å².